The predicted molar refractivity (Wildman–Crippen MR) is 114 cm³/mol. The van der Waals surface area contributed by atoms with Gasteiger partial charge in [0.05, 0.1) is 11.6 Å². The van der Waals surface area contributed by atoms with Gasteiger partial charge in [-0.25, -0.2) is 0 Å². The molecule has 0 saturated carbocycles. The van der Waals surface area contributed by atoms with E-state index in [1.807, 2.05) is 31.2 Å². The maximum atomic E-state index is 13.0. The Kier molecular flexibility index (Phi) is 5.35. The van der Waals surface area contributed by atoms with E-state index in [1.165, 1.54) is 6.07 Å². The van der Waals surface area contributed by atoms with Gasteiger partial charge in [0.2, 0.25) is 0 Å². The van der Waals surface area contributed by atoms with Crippen molar-refractivity contribution in [3.8, 4) is 5.75 Å². The number of benzene rings is 2. The van der Waals surface area contributed by atoms with Gasteiger partial charge in [-0.3, -0.25) is 9.78 Å². The third-order valence-electron chi connectivity index (χ3n) is 4.87. The summed E-state index contributed by atoms with van der Waals surface area (Å²) >= 11 is 6.26. The first-order chi connectivity index (χ1) is 13.1. The minimum atomic E-state index is -0.309. The molecule has 1 amide bonds. The molecule has 0 bridgehead atoms. The minimum Gasteiger partial charge on any atom is -0.508 e. The number of fused-ring (bicyclic) bond motifs is 1. The summed E-state index contributed by atoms with van der Waals surface area (Å²) in [5, 5.41) is 14.0. The van der Waals surface area contributed by atoms with Gasteiger partial charge in [0.1, 0.15) is 5.75 Å². The number of hydrogen-bond donors (Lipinski definition) is 2. The van der Waals surface area contributed by atoms with Crippen molar-refractivity contribution in [3.63, 3.8) is 0 Å². The third kappa shape index (κ3) is 3.97. The van der Waals surface area contributed by atoms with Crippen LogP contribution in [0.2, 0.25) is 5.02 Å². The molecule has 28 heavy (non-hydrogen) atoms. The molecule has 3 aromatic rings. The molecule has 146 valence electrons. The van der Waals surface area contributed by atoms with Crippen LogP contribution < -0.4 is 5.32 Å². The molecule has 0 aliphatic rings. The number of aromatic nitrogens is 1. The lowest BCUT2D eigenvalue weighted by molar-refractivity contribution is 0.0941. The Hall–Kier alpha value is -2.59. The first-order valence-corrected chi connectivity index (χ1v) is 9.66. The number of phenolic OH excluding ortho intramolecular Hbond substituents is 1. The summed E-state index contributed by atoms with van der Waals surface area (Å²) in [5.41, 5.74) is 3.77. The number of amides is 1. The predicted octanol–water partition coefficient (Wildman–Crippen LogP) is 5.69. The molecule has 0 radical (unpaired) electrons. The van der Waals surface area contributed by atoms with E-state index in [2.05, 4.69) is 26.1 Å². The van der Waals surface area contributed by atoms with Crippen molar-refractivity contribution in [1.82, 2.24) is 10.3 Å². The molecule has 0 saturated heterocycles. The monoisotopic (exact) mass is 396 g/mol. The molecule has 2 N–H and O–H groups in total. The standard InChI is InChI=1S/C23H25ClN2O2/c1-13-11-17(18(24)12-20(13)27)14(2)25-22(28)16-7-6-8-19-15(16)9-10-21(26-19)23(3,4)5/h6-12,14,27H,1-5H3,(H,25,28)/t14-/m1/s1. The molecule has 1 atom stereocenters. The van der Waals surface area contributed by atoms with Gasteiger partial charge in [-0.1, -0.05) is 44.5 Å². The maximum Gasteiger partial charge on any atom is 0.252 e. The summed E-state index contributed by atoms with van der Waals surface area (Å²) < 4.78 is 0. The van der Waals surface area contributed by atoms with Crippen molar-refractivity contribution >= 4 is 28.4 Å². The number of nitrogens with one attached hydrogen (secondary N) is 1. The third-order valence-corrected chi connectivity index (χ3v) is 5.20. The Morgan fingerprint density at radius 2 is 1.89 bits per heavy atom. The second-order valence-electron chi connectivity index (χ2n) is 8.17. The molecular weight excluding hydrogens is 372 g/mol. The molecule has 5 heteroatoms. The number of aromatic hydroxyl groups is 1. The van der Waals surface area contributed by atoms with E-state index in [1.54, 1.807) is 19.1 Å². The van der Waals surface area contributed by atoms with Crippen LogP contribution in [-0.2, 0) is 5.41 Å². The minimum absolute atomic E-state index is 0.0611. The maximum absolute atomic E-state index is 13.0. The lowest BCUT2D eigenvalue weighted by Gasteiger charge is -2.19. The molecule has 0 aliphatic carbocycles. The van der Waals surface area contributed by atoms with Crippen molar-refractivity contribution in [1.29, 1.82) is 0 Å². The van der Waals surface area contributed by atoms with Gasteiger partial charge in [0.25, 0.3) is 5.91 Å². The Balaban J connectivity index is 1.92. The number of nitrogens with zero attached hydrogens (tertiary/aromatic N) is 1. The fraction of sp³-hybridized carbons (Fsp3) is 0.304. The fourth-order valence-corrected chi connectivity index (χ4v) is 3.47. The van der Waals surface area contributed by atoms with Gasteiger partial charge in [-0.2, -0.15) is 0 Å². The molecule has 4 nitrogen and oxygen atoms in total. The zero-order valence-corrected chi connectivity index (χ0v) is 17.6. The van der Waals surface area contributed by atoms with Crippen LogP contribution in [0.5, 0.6) is 5.75 Å². The summed E-state index contributed by atoms with van der Waals surface area (Å²) in [6.07, 6.45) is 0. The molecule has 0 aliphatic heterocycles. The molecule has 0 unspecified atom stereocenters. The first-order valence-electron chi connectivity index (χ1n) is 9.28. The summed E-state index contributed by atoms with van der Waals surface area (Å²) in [6.45, 7) is 10.0. The number of rotatable bonds is 3. The van der Waals surface area contributed by atoms with Crippen molar-refractivity contribution in [2.24, 2.45) is 0 Å². The van der Waals surface area contributed by atoms with Gasteiger partial charge in [-0.05, 0) is 55.3 Å². The van der Waals surface area contributed by atoms with E-state index < -0.39 is 0 Å². The smallest absolute Gasteiger partial charge is 0.252 e. The number of phenols is 1. The lowest BCUT2D eigenvalue weighted by atomic mass is 9.91. The molecular formula is C23H25ClN2O2. The van der Waals surface area contributed by atoms with E-state index in [-0.39, 0.29) is 23.1 Å². The van der Waals surface area contributed by atoms with Crippen molar-refractivity contribution in [2.45, 2.75) is 46.1 Å². The highest BCUT2D eigenvalue weighted by Crippen LogP contribution is 2.30. The van der Waals surface area contributed by atoms with E-state index >= 15 is 0 Å². The van der Waals surface area contributed by atoms with Crippen LogP contribution in [-0.4, -0.2) is 16.0 Å². The van der Waals surface area contributed by atoms with Crippen molar-refractivity contribution in [2.75, 3.05) is 0 Å². The number of pyridine rings is 1. The second kappa shape index (κ2) is 7.44. The summed E-state index contributed by atoms with van der Waals surface area (Å²) in [6, 6.07) is 12.5. The number of carbonyl (C=O) groups is 1. The second-order valence-corrected chi connectivity index (χ2v) is 8.58. The normalized spacial score (nSPS) is 12.8. The molecule has 1 heterocycles. The van der Waals surface area contributed by atoms with Crippen LogP contribution >= 0.6 is 11.6 Å². The highest BCUT2D eigenvalue weighted by molar-refractivity contribution is 6.31. The number of carbonyl (C=O) groups excluding carboxylic acids is 1. The van der Waals surface area contributed by atoms with E-state index in [9.17, 15) is 9.90 Å². The Morgan fingerprint density at radius 3 is 2.57 bits per heavy atom. The van der Waals surface area contributed by atoms with Crippen molar-refractivity contribution in [3.05, 3.63) is 69.9 Å². The van der Waals surface area contributed by atoms with Crippen LogP contribution in [0.4, 0.5) is 0 Å². The van der Waals surface area contributed by atoms with Gasteiger partial charge in [0, 0.05) is 27.1 Å². The van der Waals surface area contributed by atoms with Crippen LogP contribution in [0.25, 0.3) is 10.9 Å². The molecule has 3 rings (SSSR count). The fourth-order valence-electron chi connectivity index (χ4n) is 3.15. The lowest BCUT2D eigenvalue weighted by Crippen LogP contribution is -2.27. The van der Waals surface area contributed by atoms with Gasteiger partial charge in [-0.15, -0.1) is 0 Å². The molecule has 0 fully saturated rings. The largest absolute Gasteiger partial charge is 0.508 e. The van der Waals surface area contributed by atoms with Crippen LogP contribution in [0.3, 0.4) is 0 Å². The van der Waals surface area contributed by atoms with Gasteiger partial charge < -0.3 is 10.4 Å². The summed E-state index contributed by atoms with van der Waals surface area (Å²) in [5.74, 6) is -0.0488. The topological polar surface area (TPSA) is 62.2 Å². The quantitative estimate of drug-likeness (QED) is 0.597. The number of hydrogen-bond acceptors (Lipinski definition) is 3. The highest BCUT2D eigenvalue weighted by Gasteiger charge is 2.19. The average molecular weight is 397 g/mol. The van der Waals surface area contributed by atoms with Crippen LogP contribution in [0, 0.1) is 6.92 Å². The van der Waals surface area contributed by atoms with E-state index in [4.69, 9.17) is 16.6 Å². The van der Waals surface area contributed by atoms with E-state index in [0.717, 1.165) is 22.2 Å². The highest BCUT2D eigenvalue weighted by atomic mass is 35.5. The first kappa shape index (κ1) is 20.2. The van der Waals surface area contributed by atoms with Crippen molar-refractivity contribution < 1.29 is 9.90 Å². The van der Waals surface area contributed by atoms with Gasteiger partial charge >= 0.3 is 0 Å². The van der Waals surface area contributed by atoms with Crippen LogP contribution in [0.15, 0.2) is 42.5 Å². The summed E-state index contributed by atoms with van der Waals surface area (Å²) in [7, 11) is 0. The summed E-state index contributed by atoms with van der Waals surface area (Å²) in [4.78, 5) is 17.7. The Labute approximate surface area is 170 Å². The zero-order chi connectivity index (χ0) is 20.6. The number of halogens is 1. The van der Waals surface area contributed by atoms with E-state index in [0.29, 0.717) is 16.1 Å². The zero-order valence-electron chi connectivity index (χ0n) is 16.8. The van der Waals surface area contributed by atoms with Crippen LogP contribution in [0.1, 0.15) is 60.9 Å². The number of aryl methyl sites for hydroxylation is 1. The molecule has 1 aromatic heterocycles. The SMILES string of the molecule is Cc1cc([C@@H](C)NC(=O)c2cccc3nc(C(C)(C)C)ccc23)c(Cl)cc1O. The molecule has 2 aromatic carbocycles. The Bertz CT molecular complexity index is 1050. The average Bonchev–Trinajstić information content (AvgIpc) is 2.62. The Morgan fingerprint density at radius 1 is 1.18 bits per heavy atom. The molecule has 0 spiro atoms. The van der Waals surface area contributed by atoms with Gasteiger partial charge in [0.15, 0.2) is 0 Å².